The number of guanidine groups is 1. The third-order valence-corrected chi connectivity index (χ3v) is 4.97. The summed E-state index contributed by atoms with van der Waals surface area (Å²) < 4.78 is 0. The second-order valence-electron chi connectivity index (χ2n) is 6.86. The number of para-hydroxylation sites is 3. The van der Waals surface area contributed by atoms with E-state index in [1.54, 1.807) is 0 Å². The van der Waals surface area contributed by atoms with E-state index in [-0.39, 0.29) is 0 Å². The van der Waals surface area contributed by atoms with Crippen LogP contribution in [0.3, 0.4) is 0 Å². The third kappa shape index (κ3) is 4.22. The van der Waals surface area contributed by atoms with Crippen molar-refractivity contribution >= 4 is 22.7 Å². The fourth-order valence-electron chi connectivity index (χ4n) is 3.56. The molecule has 1 aromatic heterocycles. The summed E-state index contributed by atoms with van der Waals surface area (Å²) in [6, 6.07) is 19.1. The molecule has 4 rings (SSSR count). The van der Waals surface area contributed by atoms with Crippen molar-refractivity contribution in [3.05, 3.63) is 60.4 Å². The number of aromatic amines is 1. The van der Waals surface area contributed by atoms with Crippen LogP contribution in [-0.4, -0.2) is 48.7 Å². The second kappa shape index (κ2) is 8.12. The predicted octanol–water partition coefficient (Wildman–Crippen LogP) is 2.55. The van der Waals surface area contributed by atoms with Gasteiger partial charge in [-0.05, 0) is 30.7 Å². The monoisotopic (exact) mass is 362 g/mol. The van der Waals surface area contributed by atoms with Crippen LogP contribution in [0.25, 0.3) is 11.0 Å². The summed E-state index contributed by atoms with van der Waals surface area (Å²) in [5.41, 5.74) is 3.39. The lowest BCUT2D eigenvalue weighted by atomic mass is 10.2. The standard InChI is InChI=1S/C21H26N6/c1-22-21(23-13-11-20-25-18-9-5-6-10-19(18)26-20)24-16-12-14-27(15-16)17-7-3-2-4-8-17/h2-10,16H,11-15H2,1H3,(H,25,26)(H2,22,23,24). The van der Waals surface area contributed by atoms with Crippen molar-refractivity contribution < 1.29 is 0 Å². The quantitative estimate of drug-likeness (QED) is 0.482. The van der Waals surface area contributed by atoms with Gasteiger partial charge in [-0.25, -0.2) is 4.98 Å². The van der Waals surface area contributed by atoms with E-state index in [0.717, 1.165) is 55.3 Å². The molecule has 1 atom stereocenters. The minimum atomic E-state index is 0.405. The molecule has 1 unspecified atom stereocenters. The first-order valence-corrected chi connectivity index (χ1v) is 9.52. The van der Waals surface area contributed by atoms with Crippen molar-refractivity contribution in [3.63, 3.8) is 0 Å². The van der Waals surface area contributed by atoms with Gasteiger partial charge in [0.05, 0.1) is 11.0 Å². The Kier molecular flexibility index (Phi) is 5.23. The van der Waals surface area contributed by atoms with Crippen LogP contribution in [0.15, 0.2) is 59.6 Å². The Morgan fingerprint density at radius 1 is 1.19 bits per heavy atom. The van der Waals surface area contributed by atoms with Crippen LogP contribution < -0.4 is 15.5 Å². The van der Waals surface area contributed by atoms with Crippen LogP contribution in [0, 0.1) is 0 Å². The van der Waals surface area contributed by atoms with E-state index in [4.69, 9.17) is 0 Å². The molecule has 3 aromatic rings. The summed E-state index contributed by atoms with van der Waals surface area (Å²) in [4.78, 5) is 14.8. The molecule has 1 aliphatic rings. The summed E-state index contributed by atoms with van der Waals surface area (Å²) in [5, 5.41) is 6.95. The Morgan fingerprint density at radius 3 is 2.81 bits per heavy atom. The van der Waals surface area contributed by atoms with Crippen LogP contribution in [-0.2, 0) is 6.42 Å². The van der Waals surface area contributed by atoms with Gasteiger partial charge in [-0.1, -0.05) is 30.3 Å². The molecule has 140 valence electrons. The highest BCUT2D eigenvalue weighted by Gasteiger charge is 2.23. The number of fused-ring (bicyclic) bond motifs is 1. The highest BCUT2D eigenvalue weighted by atomic mass is 15.2. The number of anilines is 1. The predicted molar refractivity (Wildman–Crippen MR) is 111 cm³/mol. The van der Waals surface area contributed by atoms with Gasteiger partial charge < -0.3 is 20.5 Å². The molecule has 0 bridgehead atoms. The lowest BCUT2D eigenvalue weighted by molar-refractivity contribution is 0.647. The molecule has 1 fully saturated rings. The molecule has 0 spiro atoms. The van der Waals surface area contributed by atoms with Crippen molar-refractivity contribution in [2.45, 2.75) is 18.9 Å². The minimum absolute atomic E-state index is 0.405. The number of aromatic nitrogens is 2. The van der Waals surface area contributed by atoms with Gasteiger partial charge in [0.15, 0.2) is 5.96 Å². The van der Waals surface area contributed by atoms with Gasteiger partial charge in [-0.2, -0.15) is 0 Å². The molecule has 1 aliphatic heterocycles. The Labute approximate surface area is 159 Å². The maximum absolute atomic E-state index is 4.62. The molecule has 0 saturated carbocycles. The zero-order valence-electron chi connectivity index (χ0n) is 15.7. The van der Waals surface area contributed by atoms with Gasteiger partial charge >= 0.3 is 0 Å². The molecular weight excluding hydrogens is 336 g/mol. The first kappa shape index (κ1) is 17.4. The number of rotatable bonds is 5. The lowest BCUT2D eigenvalue weighted by Gasteiger charge is -2.20. The van der Waals surface area contributed by atoms with Gasteiger partial charge in [0, 0.05) is 44.8 Å². The van der Waals surface area contributed by atoms with E-state index >= 15 is 0 Å². The Balaban J connectivity index is 1.26. The first-order chi connectivity index (χ1) is 13.3. The van der Waals surface area contributed by atoms with Gasteiger partial charge in [0.25, 0.3) is 0 Å². The average molecular weight is 362 g/mol. The molecule has 6 nitrogen and oxygen atoms in total. The molecule has 27 heavy (non-hydrogen) atoms. The Bertz CT molecular complexity index is 868. The van der Waals surface area contributed by atoms with Crippen LogP contribution in [0.4, 0.5) is 5.69 Å². The van der Waals surface area contributed by atoms with Crippen molar-refractivity contribution in [1.29, 1.82) is 0 Å². The lowest BCUT2D eigenvalue weighted by Crippen LogP contribution is -2.45. The summed E-state index contributed by atoms with van der Waals surface area (Å²) in [6.07, 6.45) is 1.94. The zero-order chi connectivity index (χ0) is 18.5. The first-order valence-electron chi connectivity index (χ1n) is 9.52. The fourth-order valence-corrected chi connectivity index (χ4v) is 3.56. The molecule has 2 heterocycles. The summed E-state index contributed by atoms with van der Waals surface area (Å²) in [5.74, 6) is 1.85. The summed E-state index contributed by atoms with van der Waals surface area (Å²) in [6.45, 7) is 2.85. The number of hydrogen-bond acceptors (Lipinski definition) is 3. The Morgan fingerprint density at radius 2 is 2.00 bits per heavy atom. The van der Waals surface area contributed by atoms with Crippen LogP contribution in [0.5, 0.6) is 0 Å². The molecule has 6 heteroatoms. The second-order valence-corrected chi connectivity index (χ2v) is 6.86. The molecular formula is C21H26N6. The summed E-state index contributed by atoms with van der Waals surface area (Å²) >= 11 is 0. The molecule has 3 N–H and O–H groups in total. The number of nitrogens with one attached hydrogen (secondary N) is 3. The number of aliphatic imine (C=N–C) groups is 1. The van der Waals surface area contributed by atoms with Crippen LogP contribution in [0.2, 0.25) is 0 Å². The van der Waals surface area contributed by atoms with E-state index in [2.05, 4.69) is 66.9 Å². The van der Waals surface area contributed by atoms with Gasteiger partial charge in [-0.15, -0.1) is 0 Å². The van der Waals surface area contributed by atoms with Crippen molar-refractivity contribution in [2.75, 3.05) is 31.6 Å². The van der Waals surface area contributed by atoms with Crippen molar-refractivity contribution in [1.82, 2.24) is 20.6 Å². The van der Waals surface area contributed by atoms with Crippen LogP contribution >= 0.6 is 0 Å². The molecule has 0 aliphatic carbocycles. The number of H-pyrrole nitrogens is 1. The van der Waals surface area contributed by atoms with E-state index in [0.29, 0.717) is 6.04 Å². The number of imidazole rings is 1. The van der Waals surface area contributed by atoms with Gasteiger partial charge in [0.1, 0.15) is 5.82 Å². The molecule has 0 radical (unpaired) electrons. The number of hydrogen-bond donors (Lipinski definition) is 3. The zero-order valence-corrected chi connectivity index (χ0v) is 15.7. The van der Waals surface area contributed by atoms with E-state index in [1.165, 1.54) is 5.69 Å². The maximum atomic E-state index is 4.62. The van der Waals surface area contributed by atoms with Gasteiger partial charge in [-0.3, -0.25) is 4.99 Å². The Hall–Kier alpha value is -3.02. The number of nitrogens with zero attached hydrogens (tertiary/aromatic N) is 3. The average Bonchev–Trinajstić information content (AvgIpc) is 3.34. The molecule has 0 amide bonds. The van der Waals surface area contributed by atoms with Crippen molar-refractivity contribution in [3.8, 4) is 0 Å². The molecule has 1 saturated heterocycles. The summed E-state index contributed by atoms with van der Waals surface area (Å²) in [7, 11) is 1.82. The fraction of sp³-hybridized carbons (Fsp3) is 0.333. The topological polar surface area (TPSA) is 68.3 Å². The molecule has 2 aromatic carbocycles. The SMILES string of the molecule is CN=C(NCCc1nc2ccccc2[nH]1)NC1CCN(c2ccccc2)C1. The van der Waals surface area contributed by atoms with E-state index < -0.39 is 0 Å². The van der Waals surface area contributed by atoms with E-state index in [1.807, 2.05) is 25.2 Å². The highest BCUT2D eigenvalue weighted by molar-refractivity contribution is 5.80. The largest absolute Gasteiger partial charge is 0.369 e. The smallest absolute Gasteiger partial charge is 0.191 e. The van der Waals surface area contributed by atoms with Crippen LogP contribution in [0.1, 0.15) is 12.2 Å². The number of benzene rings is 2. The van der Waals surface area contributed by atoms with Crippen molar-refractivity contribution in [2.24, 2.45) is 4.99 Å². The van der Waals surface area contributed by atoms with E-state index in [9.17, 15) is 0 Å². The normalized spacial score (nSPS) is 17.4. The van der Waals surface area contributed by atoms with Gasteiger partial charge in [0.2, 0.25) is 0 Å². The third-order valence-electron chi connectivity index (χ3n) is 4.97. The minimum Gasteiger partial charge on any atom is -0.369 e. The highest BCUT2D eigenvalue weighted by Crippen LogP contribution is 2.19. The maximum Gasteiger partial charge on any atom is 0.191 e.